The number of oxime groups is 1. The van der Waals surface area contributed by atoms with Gasteiger partial charge in [0.15, 0.2) is 6.61 Å². The number of aryl methyl sites for hydroxylation is 2. The SMILES string of the molecule is C/C(=N\OCC(=O)O)c1ccc(-c2cccc(OCC(=O)N3CCN(C4c5ccccc5CCc5ccccc54)CC3)c2)cc1. The summed E-state index contributed by atoms with van der Waals surface area (Å²) in [5.74, 6) is -0.447. The van der Waals surface area contributed by atoms with Crippen LogP contribution < -0.4 is 4.74 Å². The second kappa shape index (κ2) is 13.8. The van der Waals surface area contributed by atoms with Crippen LogP contribution in [-0.4, -0.2) is 71.9 Å². The van der Waals surface area contributed by atoms with Gasteiger partial charge in [0.1, 0.15) is 5.75 Å². The molecule has 0 atom stereocenters. The van der Waals surface area contributed by atoms with Crippen LogP contribution in [0.4, 0.5) is 0 Å². The number of aliphatic carboxylic acids is 1. The van der Waals surface area contributed by atoms with E-state index in [0.717, 1.165) is 42.6 Å². The molecule has 1 aliphatic heterocycles. The Morgan fingerprint density at radius 3 is 2.07 bits per heavy atom. The fourth-order valence-electron chi connectivity index (χ4n) is 6.26. The van der Waals surface area contributed by atoms with Crippen LogP contribution in [0, 0.1) is 0 Å². The highest BCUT2D eigenvalue weighted by Crippen LogP contribution is 2.37. The monoisotopic (exact) mass is 603 g/mol. The fourth-order valence-corrected chi connectivity index (χ4v) is 6.26. The first kappa shape index (κ1) is 30.1. The average molecular weight is 604 g/mol. The van der Waals surface area contributed by atoms with E-state index in [1.807, 2.05) is 53.4 Å². The molecule has 4 aromatic carbocycles. The lowest BCUT2D eigenvalue weighted by atomic mass is 9.93. The number of carbonyl (C=O) groups is 2. The summed E-state index contributed by atoms with van der Waals surface area (Å²) in [5, 5.41) is 12.6. The van der Waals surface area contributed by atoms with E-state index in [4.69, 9.17) is 14.7 Å². The summed E-state index contributed by atoms with van der Waals surface area (Å²) in [4.78, 5) is 33.1. The first-order chi connectivity index (χ1) is 22.0. The molecule has 0 unspecified atom stereocenters. The Morgan fingerprint density at radius 2 is 1.42 bits per heavy atom. The summed E-state index contributed by atoms with van der Waals surface area (Å²) in [7, 11) is 0. The first-order valence-electron chi connectivity index (χ1n) is 15.4. The van der Waals surface area contributed by atoms with Crippen molar-refractivity contribution < 1.29 is 24.3 Å². The Hall–Kier alpha value is -4.95. The molecule has 1 amide bonds. The van der Waals surface area contributed by atoms with Crippen molar-refractivity contribution in [3.8, 4) is 16.9 Å². The molecule has 8 heteroatoms. The number of ether oxygens (including phenoxy) is 1. The van der Waals surface area contributed by atoms with E-state index in [9.17, 15) is 9.59 Å². The van der Waals surface area contributed by atoms with Crippen molar-refractivity contribution in [3.05, 3.63) is 125 Å². The van der Waals surface area contributed by atoms with Gasteiger partial charge in [-0.05, 0) is 70.8 Å². The summed E-state index contributed by atoms with van der Waals surface area (Å²) in [6.45, 7) is 4.21. The molecule has 2 aliphatic rings. The van der Waals surface area contributed by atoms with Crippen molar-refractivity contribution in [2.45, 2.75) is 25.8 Å². The highest BCUT2D eigenvalue weighted by Gasteiger charge is 2.32. The van der Waals surface area contributed by atoms with Crippen LogP contribution in [0.2, 0.25) is 0 Å². The van der Waals surface area contributed by atoms with Gasteiger partial charge in [0, 0.05) is 26.2 Å². The number of carbonyl (C=O) groups excluding carboxylic acids is 1. The minimum atomic E-state index is -1.07. The number of piperazine rings is 1. The number of carboxylic acid groups (broad SMARTS) is 1. The van der Waals surface area contributed by atoms with Crippen molar-refractivity contribution in [3.63, 3.8) is 0 Å². The number of hydrogen-bond donors (Lipinski definition) is 1. The molecule has 6 rings (SSSR count). The van der Waals surface area contributed by atoms with Gasteiger partial charge in [-0.15, -0.1) is 0 Å². The number of rotatable bonds is 9. The molecule has 1 aliphatic carbocycles. The van der Waals surface area contributed by atoms with Crippen LogP contribution in [0.3, 0.4) is 0 Å². The Balaban J connectivity index is 1.05. The molecule has 0 radical (unpaired) electrons. The third-order valence-electron chi connectivity index (χ3n) is 8.62. The van der Waals surface area contributed by atoms with Crippen molar-refractivity contribution in [2.24, 2.45) is 5.16 Å². The average Bonchev–Trinajstić information content (AvgIpc) is 3.24. The molecule has 1 heterocycles. The predicted octanol–water partition coefficient (Wildman–Crippen LogP) is 5.59. The third-order valence-corrected chi connectivity index (χ3v) is 8.62. The van der Waals surface area contributed by atoms with E-state index < -0.39 is 12.6 Å². The van der Waals surface area contributed by atoms with Crippen molar-refractivity contribution in [2.75, 3.05) is 39.4 Å². The minimum Gasteiger partial charge on any atom is -0.484 e. The van der Waals surface area contributed by atoms with Crippen LogP contribution in [-0.2, 0) is 27.3 Å². The highest BCUT2D eigenvalue weighted by atomic mass is 16.6. The summed E-state index contributed by atoms with van der Waals surface area (Å²) in [6, 6.07) is 33.2. The number of fused-ring (bicyclic) bond motifs is 2. The molecular formula is C37H37N3O5. The smallest absolute Gasteiger partial charge is 0.344 e. The third kappa shape index (κ3) is 7.07. The molecule has 1 N–H and O–H groups in total. The normalized spacial score (nSPS) is 15.5. The Kier molecular flexibility index (Phi) is 9.22. The lowest BCUT2D eigenvalue weighted by molar-refractivity contribution is -0.142. The second-order valence-corrected chi connectivity index (χ2v) is 11.5. The maximum absolute atomic E-state index is 13.2. The van der Waals surface area contributed by atoms with E-state index in [-0.39, 0.29) is 18.6 Å². The predicted molar refractivity (Wildman–Crippen MR) is 173 cm³/mol. The van der Waals surface area contributed by atoms with Gasteiger partial charge in [0.25, 0.3) is 5.91 Å². The van der Waals surface area contributed by atoms with Gasteiger partial charge in [-0.3, -0.25) is 9.69 Å². The molecule has 45 heavy (non-hydrogen) atoms. The highest BCUT2D eigenvalue weighted by molar-refractivity contribution is 5.98. The fraction of sp³-hybridized carbons (Fsp3) is 0.270. The molecule has 230 valence electrons. The van der Waals surface area contributed by atoms with E-state index in [0.29, 0.717) is 24.6 Å². The zero-order valence-electron chi connectivity index (χ0n) is 25.4. The van der Waals surface area contributed by atoms with E-state index in [2.05, 4.69) is 58.6 Å². The number of hydrogen-bond acceptors (Lipinski definition) is 6. The van der Waals surface area contributed by atoms with E-state index >= 15 is 0 Å². The van der Waals surface area contributed by atoms with E-state index in [1.165, 1.54) is 22.3 Å². The van der Waals surface area contributed by atoms with Crippen LogP contribution in [0.5, 0.6) is 5.75 Å². The van der Waals surface area contributed by atoms with Gasteiger partial charge in [-0.1, -0.05) is 90.1 Å². The molecule has 0 aromatic heterocycles. The lowest BCUT2D eigenvalue weighted by Gasteiger charge is -2.40. The van der Waals surface area contributed by atoms with Crippen LogP contribution in [0.15, 0.2) is 102 Å². The first-order valence-corrected chi connectivity index (χ1v) is 15.4. The Morgan fingerprint density at radius 1 is 0.778 bits per heavy atom. The summed E-state index contributed by atoms with van der Waals surface area (Å²) >= 11 is 0. The van der Waals surface area contributed by atoms with Crippen LogP contribution in [0.1, 0.15) is 40.8 Å². The Labute approximate surface area is 263 Å². The zero-order chi connectivity index (χ0) is 31.2. The van der Waals surface area contributed by atoms with Crippen LogP contribution >= 0.6 is 0 Å². The number of benzene rings is 4. The van der Waals surface area contributed by atoms with Gasteiger partial charge in [-0.25, -0.2) is 4.79 Å². The van der Waals surface area contributed by atoms with Crippen molar-refractivity contribution >= 4 is 17.6 Å². The number of nitrogens with zero attached hydrogens (tertiary/aromatic N) is 3. The zero-order valence-corrected chi connectivity index (χ0v) is 25.4. The number of carboxylic acids is 1. The van der Waals surface area contributed by atoms with Gasteiger partial charge >= 0.3 is 5.97 Å². The maximum atomic E-state index is 13.2. The summed E-state index contributed by atoms with van der Waals surface area (Å²) in [6.07, 6.45) is 2.10. The lowest BCUT2D eigenvalue weighted by Crippen LogP contribution is -2.51. The minimum absolute atomic E-state index is 0.00838. The standard InChI is InChI=1S/C37H37N3O5/c1-26(38-45-25-36(42)43)27-13-15-28(16-14-27)31-9-6-10-32(23-31)44-24-35(41)39-19-21-40(22-20-39)37-33-11-4-2-7-29(33)17-18-30-8-3-5-12-34(30)37/h2-16,23,37H,17-22,24-25H2,1H3,(H,42,43)/b38-26+. The summed E-state index contributed by atoms with van der Waals surface area (Å²) < 4.78 is 5.97. The van der Waals surface area contributed by atoms with Crippen LogP contribution in [0.25, 0.3) is 11.1 Å². The van der Waals surface area contributed by atoms with Crippen molar-refractivity contribution in [1.82, 2.24) is 9.80 Å². The summed E-state index contributed by atoms with van der Waals surface area (Å²) in [5.41, 5.74) is 8.94. The molecule has 1 saturated heterocycles. The number of amides is 1. The van der Waals surface area contributed by atoms with Gasteiger partial charge < -0.3 is 19.6 Å². The molecule has 4 aromatic rings. The second-order valence-electron chi connectivity index (χ2n) is 11.5. The topological polar surface area (TPSA) is 91.7 Å². The van der Waals surface area contributed by atoms with Gasteiger partial charge in [0.05, 0.1) is 11.8 Å². The Bertz CT molecular complexity index is 1650. The quantitative estimate of drug-likeness (QED) is 0.198. The van der Waals surface area contributed by atoms with E-state index in [1.54, 1.807) is 6.92 Å². The van der Waals surface area contributed by atoms with Gasteiger partial charge in [-0.2, -0.15) is 0 Å². The maximum Gasteiger partial charge on any atom is 0.344 e. The molecule has 0 saturated carbocycles. The molecular weight excluding hydrogens is 566 g/mol. The molecule has 0 bridgehead atoms. The van der Waals surface area contributed by atoms with Crippen molar-refractivity contribution in [1.29, 1.82) is 0 Å². The van der Waals surface area contributed by atoms with Gasteiger partial charge in [0.2, 0.25) is 6.61 Å². The largest absolute Gasteiger partial charge is 0.484 e. The molecule has 8 nitrogen and oxygen atoms in total. The molecule has 0 spiro atoms. The molecule has 1 fully saturated rings.